The van der Waals surface area contributed by atoms with Crippen LogP contribution >= 0.6 is 0 Å². The molecular formula is C21H21NO3S. The summed E-state index contributed by atoms with van der Waals surface area (Å²) >= 11 is 0. The number of hydrogen-bond donors (Lipinski definition) is 1. The summed E-state index contributed by atoms with van der Waals surface area (Å²) in [4.78, 5) is 0.294. The topological polar surface area (TPSA) is 55.4 Å². The monoisotopic (exact) mass is 367 g/mol. The highest BCUT2D eigenvalue weighted by Crippen LogP contribution is 2.24. The van der Waals surface area contributed by atoms with Crippen molar-refractivity contribution in [1.29, 1.82) is 0 Å². The molecule has 4 nitrogen and oxygen atoms in total. The second-order valence-electron chi connectivity index (χ2n) is 6.00. The molecule has 3 aromatic rings. The highest BCUT2D eigenvalue weighted by molar-refractivity contribution is 7.90. The number of anilines is 1. The minimum Gasteiger partial charge on any atom is -0.489 e. The summed E-state index contributed by atoms with van der Waals surface area (Å²) in [7, 11) is -3.29. The number of sulfone groups is 1. The molecule has 1 N–H and O–H groups in total. The number of benzene rings is 3. The average molecular weight is 367 g/mol. The largest absolute Gasteiger partial charge is 0.489 e. The predicted octanol–water partition coefficient (Wildman–Crippen LogP) is 4.28. The van der Waals surface area contributed by atoms with Crippen molar-refractivity contribution in [3.05, 3.63) is 90.0 Å². The van der Waals surface area contributed by atoms with Crippen LogP contribution in [0.3, 0.4) is 0 Å². The molecule has 3 aromatic carbocycles. The van der Waals surface area contributed by atoms with Gasteiger partial charge in [0.2, 0.25) is 0 Å². The first kappa shape index (κ1) is 18.0. The molecule has 0 bridgehead atoms. The lowest BCUT2D eigenvalue weighted by atomic mass is 10.2. The Hall–Kier alpha value is -2.79. The maximum Gasteiger partial charge on any atom is 0.177 e. The van der Waals surface area contributed by atoms with Gasteiger partial charge in [0.15, 0.2) is 9.84 Å². The first-order valence-electron chi connectivity index (χ1n) is 8.31. The minimum absolute atomic E-state index is 0.294. The third kappa shape index (κ3) is 4.64. The van der Waals surface area contributed by atoms with Gasteiger partial charge in [-0.05, 0) is 23.8 Å². The number of nitrogens with one attached hydrogen (secondary N) is 1. The summed E-state index contributed by atoms with van der Waals surface area (Å²) in [6, 6.07) is 24.6. The molecule has 0 unspecified atom stereocenters. The molecule has 0 fully saturated rings. The second kappa shape index (κ2) is 8.06. The van der Waals surface area contributed by atoms with E-state index in [-0.39, 0.29) is 0 Å². The first-order chi connectivity index (χ1) is 12.5. The van der Waals surface area contributed by atoms with Crippen molar-refractivity contribution in [2.24, 2.45) is 0 Å². The Morgan fingerprint density at radius 3 is 2.27 bits per heavy atom. The number of para-hydroxylation sites is 2. The van der Waals surface area contributed by atoms with Gasteiger partial charge in [-0.2, -0.15) is 0 Å². The summed E-state index contributed by atoms with van der Waals surface area (Å²) in [6.45, 7) is 0.954. The van der Waals surface area contributed by atoms with Gasteiger partial charge in [0.1, 0.15) is 12.4 Å². The molecule has 0 atom stereocenters. The van der Waals surface area contributed by atoms with Gasteiger partial charge in [-0.15, -0.1) is 0 Å². The van der Waals surface area contributed by atoms with Crippen molar-refractivity contribution in [2.75, 3.05) is 11.6 Å². The molecule has 0 aliphatic carbocycles. The zero-order valence-electron chi connectivity index (χ0n) is 14.6. The van der Waals surface area contributed by atoms with Gasteiger partial charge in [0.05, 0.1) is 10.6 Å². The van der Waals surface area contributed by atoms with E-state index >= 15 is 0 Å². The lowest BCUT2D eigenvalue weighted by Crippen LogP contribution is -2.07. The van der Waals surface area contributed by atoms with Gasteiger partial charge in [-0.25, -0.2) is 8.42 Å². The summed E-state index contributed by atoms with van der Waals surface area (Å²) in [6.07, 6.45) is 1.21. The summed E-state index contributed by atoms with van der Waals surface area (Å²) < 4.78 is 29.8. The average Bonchev–Trinajstić information content (AvgIpc) is 2.65. The Labute approximate surface area is 154 Å². The number of hydrogen-bond acceptors (Lipinski definition) is 4. The molecule has 5 heteroatoms. The Bertz CT molecular complexity index is 969. The van der Waals surface area contributed by atoms with Gasteiger partial charge < -0.3 is 10.1 Å². The van der Waals surface area contributed by atoms with Crippen molar-refractivity contribution < 1.29 is 13.2 Å². The zero-order valence-corrected chi connectivity index (χ0v) is 15.4. The van der Waals surface area contributed by atoms with E-state index in [2.05, 4.69) is 5.32 Å². The fourth-order valence-electron chi connectivity index (χ4n) is 2.65. The van der Waals surface area contributed by atoms with Crippen LogP contribution in [0.1, 0.15) is 11.1 Å². The molecule has 134 valence electrons. The smallest absolute Gasteiger partial charge is 0.177 e. The molecule has 0 aromatic heterocycles. The standard InChI is InChI=1S/C21H21NO3S/c1-26(23,24)21-14-8-6-12-19(21)22-15-18-11-5-7-13-20(18)25-16-17-9-3-2-4-10-17/h2-14,22H,15-16H2,1H3. The van der Waals surface area contributed by atoms with Gasteiger partial charge >= 0.3 is 0 Å². The molecule has 0 radical (unpaired) electrons. The zero-order chi connectivity index (χ0) is 18.4. The molecule has 0 aliphatic rings. The van der Waals surface area contributed by atoms with Crippen LogP contribution in [0.5, 0.6) is 5.75 Å². The van der Waals surface area contributed by atoms with E-state index in [0.29, 0.717) is 23.7 Å². The third-order valence-electron chi connectivity index (χ3n) is 3.97. The highest BCUT2D eigenvalue weighted by atomic mass is 32.2. The van der Waals surface area contributed by atoms with Crippen LogP contribution in [0.4, 0.5) is 5.69 Å². The van der Waals surface area contributed by atoms with Crippen molar-refractivity contribution >= 4 is 15.5 Å². The summed E-state index contributed by atoms with van der Waals surface area (Å²) in [5.74, 6) is 0.778. The number of ether oxygens (including phenoxy) is 1. The SMILES string of the molecule is CS(=O)(=O)c1ccccc1NCc1ccccc1OCc1ccccc1. The van der Waals surface area contributed by atoms with Crippen LogP contribution < -0.4 is 10.1 Å². The van der Waals surface area contributed by atoms with Crippen LogP contribution in [0.2, 0.25) is 0 Å². The van der Waals surface area contributed by atoms with Gasteiger partial charge in [-0.1, -0.05) is 60.7 Å². The lowest BCUT2D eigenvalue weighted by Gasteiger charge is -2.14. The van der Waals surface area contributed by atoms with Crippen molar-refractivity contribution in [1.82, 2.24) is 0 Å². The van der Waals surface area contributed by atoms with E-state index in [9.17, 15) is 8.42 Å². The van der Waals surface area contributed by atoms with Crippen LogP contribution in [-0.2, 0) is 23.0 Å². The van der Waals surface area contributed by atoms with Gasteiger partial charge in [0.25, 0.3) is 0 Å². The molecule has 0 aliphatic heterocycles. The van der Waals surface area contributed by atoms with E-state index < -0.39 is 9.84 Å². The van der Waals surface area contributed by atoms with Crippen LogP contribution in [0, 0.1) is 0 Å². The van der Waals surface area contributed by atoms with E-state index in [0.717, 1.165) is 16.9 Å². The van der Waals surface area contributed by atoms with Crippen molar-refractivity contribution in [2.45, 2.75) is 18.0 Å². The van der Waals surface area contributed by atoms with Crippen LogP contribution in [0.15, 0.2) is 83.8 Å². The van der Waals surface area contributed by atoms with Crippen LogP contribution in [0.25, 0.3) is 0 Å². The Kier molecular flexibility index (Phi) is 5.58. The quantitative estimate of drug-likeness (QED) is 0.677. The third-order valence-corrected chi connectivity index (χ3v) is 5.12. The second-order valence-corrected chi connectivity index (χ2v) is 7.99. The predicted molar refractivity (Wildman–Crippen MR) is 104 cm³/mol. The van der Waals surface area contributed by atoms with Gasteiger partial charge in [-0.3, -0.25) is 0 Å². The normalized spacial score (nSPS) is 11.1. The Morgan fingerprint density at radius 1 is 0.846 bits per heavy atom. The van der Waals surface area contributed by atoms with E-state index in [4.69, 9.17) is 4.74 Å². The Balaban J connectivity index is 1.74. The van der Waals surface area contributed by atoms with E-state index in [1.54, 1.807) is 18.2 Å². The van der Waals surface area contributed by atoms with Crippen molar-refractivity contribution in [3.63, 3.8) is 0 Å². The fourth-order valence-corrected chi connectivity index (χ4v) is 3.52. The van der Waals surface area contributed by atoms with Crippen molar-refractivity contribution in [3.8, 4) is 5.75 Å². The van der Waals surface area contributed by atoms with Gasteiger partial charge in [0, 0.05) is 18.4 Å². The molecule has 0 saturated carbocycles. The lowest BCUT2D eigenvalue weighted by molar-refractivity contribution is 0.303. The minimum atomic E-state index is -3.29. The first-order valence-corrected chi connectivity index (χ1v) is 10.2. The molecule has 3 rings (SSSR count). The van der Waals surface area contributed by atoms with Crippen LogP contribution in [-0.4, -0.2) is 14.7 Å². The molecule has 0 saturated heterocycles. The Morgan fingerprint density at radius 2 is 1.50 bits per heavy atom. The summed E-state index contributed by atoms with van der Waals surface area (Å²) in [5, 5.41) is 3.22. The molecule has 0 spiro atoms. The molecule has 0 heterocycles. The molecular weight excluding hydrogens is 346 g/mol. The van der Waals surface area contributed by atoms with E-state index in [1.165, 1.54) is 6.26 Å². The maximum atomic E-state index is 11.9. The molecule has 0 amide bonds. The summed E-state index contributed by atoms with van der Waals surface area (Å²) in [5.41, 5.74) is 2.65. The number of rotatable bonds is 7. The maximum absolute atomic E-state index is 11.9. The molecule has 26 heavy (non-hydrogen) atoms. The fraction of sp³-hybridized carbons (Fsp3) is 0.143. The highest BCUT2D eigenvalue weighted by Gasteiger charge is 2.12. The van der Waals surface area contributed by atoms with E-state index in [1.807, 2.05) is 60.7 Å².